The molecular weight excluding hydrogens is 398 g/mol. The molecule has 0 saturated carbocycles. The van der Waals surface area contributed by atoms with Crippen molar-refractivity contribution in [2.24, 2.45) is 0 Å². The Bertz CT molecular complexity index is 849. The van der Waals surface area contributed by atoms with Crippen LogP contribution in [0.2, 0.25) is 5.02 Å². The second kappa shape index (κ2) is 9.60. The van der Waals surface area contributed by atoms with Gasteiger partial charge in [-0.15, -0.1) is 0 Å². The van der Waals surface area contributed by atoms with Crippen molar-refractivity contribution in [2.75, 3.05) is 50.8 Å². The van der Waals surface area contributed by atoms with Gasteiger partial charge >= 0.3 is 0 Å². The van der Waals surface area contributed by atoms with E-state index in [2.05, 4.69) is 14.5 Å². The van der Waals surface area contributed by atoms with Gasteiger partial charge in [0.2, 0.25) is 10.0 Å². The van der Waals surface area contributed by atoms with Crippen LogP contribution < -0.4 is 14.4 Å². The highest BCUT2D eigenvalue weighted by molar-refractivity contribution is 7.89. The molecule has 28 heavy (non-hydrogen) atoms. The molecule has 0 unspecified atom stereocenters. The fourth-order valence-electron chi connectivity index (χ4n) is 3.18. The molecule has 8 heteroatoms. The highest BCUT2D eigenvalue weighted by Crippen LogP contribution is 2.19. The first-order chi connectivity index (χ1) is 13.5. The lowest BCUT2D eigenvalue weighted by Gasteiger charge is -2.36. The van der Waals surface area contributed by atoms with E-state index in [1.807, 2.05) is 31.2 Å². The molecule has 2 aromatic carbocycles. The number of hydrogen-bond acceptors (Lipinski definition) is 5. The number of sulfonamides is 1. The maximum absolute atomic E-state index is 12.4. The molecule has 1 aliphatic heterocycles. The number of benzene rings is 2. The van der Waals surface area contributed by atoms with Crippen molar-refractivity contribution in [2.45, 2.75) is 11.8 Å². The second-order valence-corrected chi connectivity index (χ2v) is 8.81. The zero-order chi connectivity index (χ0) is 20.0. The van der Waals surface area contributed by atoms with Crippen molar-refractivity contribution in [1.29, 1.82) is 0 Å². The van der Waals surface area contributed by atoms with Gasteiger partial charge in [0.1, 0.15) is 5.75 Å². The van der Waals surface area contributed by atoms with Gasteiger partial charge in [0.15, 0.2) is 0 Å². The van der Waals surface area contributed by atoms with E-state index < -0.39 is 10.0 Å². The van der Waals surface area contributed by atoms with E-state index in [1.165, 1.54) is 5.69 Å². The molecule has 1 N–H and O–H groups in total. The van der Waals surface area contributed by atoms with E-state index in [9.17, 15) is 8.42 Å². The van der Waals surface area contributed by atoms with Crippen LogP contribution in [0.15, 0.2) is 53.4 Å². The summed E-state index contributed by atoms with van der Waals surface area (Å²) < 4.78 is 32.9. The molecule has 3 rings (SSSR count). The average molecular weight is 424 g/mol. The molecule has 6 nitrogen and oxygen atoms in total. The Labute approximate surface area is 172 Å². The van der Waals surface area contributed by atoms with Crippen LogP contribution in [0.4, 0.5) is 5.69 Å². The van der Waals surface area contributed by atoms with Gasteiger partial charge in [-0.1, -0.05) is 11.6 Å². The first kappa shape index (κ1) is 20.9. The third-order valence-corrected chi connectivity index (χ3v) is 6.46. The van der Waals surface area contributed by atoms with Gasteiger partial charge in [-0.3, -0.25) is 4.90 Å². The predicted octanol–water partition coefficient (Wildman–Crippen LogP) is 2.84. The van der Waals surface area contributed by atoms with E-state index in [0.29, 0.717) is 25.4 Å². The Morgan fingerprint density at radius 3 is 2.25 bits per heavy atom. The zero-order valence-corrected chi connectivity index (χ0v) is 17.5. The molecule has 0 aliphatic carbocycles. The molecule has 1 saturated heterocycles. The smallest absolute Gasteiger partial charge is 0.240 e. The summed E-state index contributed by atoms with van der Waals surface area (Å²) in [6, 6.07) is 14.3. The molecule has 152 valence electrons. The van der Waals surface area contributed by atoms with Crippen molar-refractivity contribution in [3.8, 4) is 5.75 Å². The van der Waals surface area contributed by atoms with E-state index in [-0.39, 0.29) is 4.90 Å². The predicted molar refractivity (Wildman–Crippen MR) is 113 cm³/mol. The number of nitrogens with one attached hydrogen (secondary N) is 1. The number of anilines is 1. The average Bonchev–Trinajstić information content (AvgIpc) is 2.70. The topological polar surface area (TPSA) is 61.9 Å². The van der Waals surface area contributed by atoms with Crippen LogP contribution in [0.25, 0.3) is 0 Å². The van der Waals surface area contributed by atoms with E-state index in [0.717, 1.165) is 31.2 Å². The normalized spacial score (nSPS) is 15.6. The molecule has 0 bridgehead atoms. The largest absolute Gasteiger partial charge is 0.494 e. The molecule has 1 aliphatic rings. The van der Waals surface area contributed by atoms with Crippen molar-refractivity contribution in [1.82, 2.24) is 9.62 Å². The van der Waals surface area contributed by atoms with Crippen molar-refractivity contribution in [3.63, 3.8) is 0 Å². The van der Waals surface area contributed by atoms with Crippen LogP contribution >= 0.6 is 11.6 Å². The summed E-state index contributed by atoms with van der Waals surface area (Å²) in [6.45, 7) is 7.12. The summed E-state index contributed by atoms with van der Waals surface area (Å²) in [6.07, 6.45) is 0. The Kier molecular flexibility index (Phi) is 7.18. The van der Waals surface area contributed by atoms with Crippen LogP contribution in [0.5, 0.6) is 5.75 Å². The SMILES string of the molecule is CCOc1ccc(S(=O)(=O)NCCN2CCN(c3ccc(Cl)cc3)CC2)cc1. The lowest BCUT2D eigenvalue weighted by molar-refractivity contribution is 0.262. The maximum atomic E-state index is 12.4. The van der Waals surface area contributed by atoms with Crippen LogP contribution in [-0.4, -0.2) is 59.2 Å². The van der Waals surface area contributed by atoms with Gasteiger partial charge < -0.3 is 9.64 Å². The molecule has 0 spiro atoms. The first-order valence-electron chi connectivity index (χ1n) is 9.43. The van der Waals surface area contributed by atoms with Crippen LogP contribution in [-0.2, 0) is 10.0 Å². The standard InChI is InChI=1S/C20H26ClN3O3S/c1-2-27-19-7-9-20(10-8-19)28(25,26)22-11-12-23-13-15-24(16-14-23)18-5-3-17(21)4-6-18/h3-10,22H,2,11-16H2,1H3. The number of halogens is 1. The third-order valence-electron chi connectivity index (χ3n) is 4.73. The number of rotatable bonds is 8. The van der Waals surface area contributed by atoms with Gasteiger partial charge in [0.05, 0.1) is 11.5 Å². The number of piperazine rings is 1. The lowest BCUT2D eigenvalue weighted by atomic mass is 10.2. The molecule has 0 radical (unpaired) electrons. The van der Waals surface area contributed by atoms with Gasteiger partial charge in [-0.25, -0.2) is 13.1 Å². The van der Waals surface area contributed by atoms with Crippen LogP contribution in [0.1, 0.15) is 6.92 Å². The summed E-state index contributed by atoms with van der Waals surface area (Å²) >= 11 is 5.94. The highest BCUT2D eigenvalue weighted by atomic mass is 35.5. The second-order valence-electron chi connectivity index (χ2n) is 6.61. The minimum atomic E-state index is -3.51. The van der Waals surface area contributed by atoms with Gasteiger partial charge in [0, 0.05) is 50.0 Å². The number of ether oxygens (including phenoxy) is 1. The fourth-order valence-corrected chi connectivity index (χ4v) is 4.33. The molecule has 0 atom stereocenters. The summed E-state index contributed by atoms with van der Waals surface area (Å²) in [5.74, 6) is 0.667. The van der Waals surface area contributed by atoms with Crippen molar-refractivity contribution >= 4 is 27.3 Å². The first-order valence-corrected chi connectivity index (χ1v) is 11.3. The summed E-state index contributed by atoms with van der Waals surface area (Å²) in [4.78, 5) is 4.84. The Morgan fingerprint density at radius 1 is 1.00 bits per heavy atom. The van der Waals surface area contributed by atoms with E-state index in [1.54, 1.807) is 24.3 Å². The third kappa shape index (κ3) is 5.61. The molecule has 0 aromatic heterocycles. The van der Waals surface area contributed by atoms with Crippen LogP contribution in [0, 0.1) is 0 Å². The van der Waals surface area contributed by atoms with Crippen molar-refractivity contribution < 1.29 is 13.2 Å². The van der Waals surface area contributed by atoms with E-state index >= 15 is 0 Å². The fraction of sp³-hybridized carbons (Fsp3) is 0.400. The number of nitrogens with zero attached hydrogens (tertiary/aromatic N) is 2. The molecular formula is C20H26ClN3O3S. The summed E-state index contributed by atoms with van der Waals surface area (Å²) in [5, 5.41) is 0.738. The Morgan fingerprint density at radius 2 is 1.64 bits per heavy atom. The quantitative estimate of drug-likeness (QED) is 0.707. The van der Waals surface area contributed by atoms with Crippen LogP contribution in [0.3, 0.4) is 0 Å². The number of hydrogen-bond donors (Lipinski definition) is 1. The minimum Gasteiger partial charge on any atom is -0.494 e. The maximum Gasteiger partial charge on any atom is 0.240 e. The minimum absolute atomic E-state index is 0.253. The Hall–Kier alpha value is -1.80. The molecule has 1 fully saturated rings. The summed E-state index contributed by atoms with van der Waals surface area (Å²) in [5.41, 5.74) is 1.17. The molecule has 1 heterocycles. The van der Waals surface area contributed by atoms with Gasteiger partial charge in [-0.05, 0) is 55.5 Å². The summed E-state index contributed by atoms with van der Waals surface area (Å²) in [7, 11) is -3.51. The van der Waals surface area contributed by atoms with Crippen molar-refractivity contribution in [3.05, 3.63) is 53.6 Å². The molecule has 2 aromatic rings. The molecule has 0 amide bonds. The highest BCUT2D eigenvalue weighted by Gasteiger charge is 2.18. The van der Waals surface area contributed by atoms with Gasteiger partial charge in [0.25, 0.3) is 0 Å². The lowest BCUT2D eigenvalue weighted by Crippen LogP contribution is -2.48. The monoisotopic (exact) mass is 423 g/mol. The van der Waals surface area contributed by atoms with Gasteiger partial charge in [-0.2, -0.15) is 0 Å². The van der Waals surface area contributed by atoms with E-state index in [4.69, 9.17) is 16.3 Å². The zero-order valence-electron chi connectivity index (χ0n) is 16.0. The Balaban J connectivity index is 1.44.